The molecule has 1 rings (SSSR count). The molecule has 0 radical (unpaired) electrons. The van der Waals surface area contributed by atoms with E-state index in [-0.39, 0.29) is 19.0 Å². The first-order valence-corrected chi connectivity index (χ1v) is 5.32. The van der Waals surface area contributed by atoms with E-state index in [4.69, 9.17) is 15.6 Å². The maximum atomic E-state index is 11.7. The van der Waals surface area contributed by atoms with Gasteiger partial charge in [0, 0.05) is 26.8 Å². The summed E-state index contributed by atoms with van der Waals surface area (Å²) < 4.78 is 4.86. The zero-order chi connectivity index (χ0) is 12.1. The molecule has 0 aromatic carbocycles. The van der Waals surface area contributed by atoms with Crippen LogP contribution in [0.4, 0.5) is 0 Å². The van der Waals surface area contributed by atoms with Crippen LogP contribution < -0.4 is 5.73 Å². The van der Waals surface area contributed by atoms with Crippen molar-refractivity contribution < 1.29 is 19.4 Å². The van der Waals surface area contributed by atoms with Gasteiger partial charge in [0.05, 0.1) is 12.0 Å². The Labute approximate surface area is 94.3 Å². The van der Waals surface area contributed by atoms with E-state index in [1.165, 1.54) is 4.90 Å². The van der Waals surface area contributed by atoms with Gasteiger partial charge in [-0.3, -0.25) is 9.59 Å². The second kappa shape index (κ2) is 5.81. The van der Waals surface area contributed by atoms with Gasteiger partial charge in [0.2, 0.25) is 5.91 Å². The van der Waals surface area contributed by atoms with E-state index in [9.17, 15) is 9.59 Å². The van der Waals surface area contributed by atoms with Crippen LogP contribution in [0.1, 0.15) is 12.8 Å². The smallest absolute Gasteiger partial charge is 0.310 e. The van der Waals surface area contributed by atoms with Gasteiger partial charge in [-0.25, -0.2) is 0 Å². The molecular weight excluding hydrogens is 212 g/mol. The molecular formula is C10H18N2O4. The van der Waals surface area contributed by atoms with Crippen LogP contribution in [0.25, 0.3) is 0 Å². The molecule has 0 aromatic heterocycles. The molecule has 1 unspecified atom stereocenters. The van der Waals surface area contributed by atoms with Gasteiger partial charge < -0.3 is 20.5 Å². The van der Waals surface area contributed by atoms with Crippen molar-refractivity contribution in [2.75, 3.05) is 26.8 Å². The fourth-order valence-electron chi connectivity index (χ4n) is 1.62. The molecule has 0 saturated carbocycles. The van der Waals surface area contributed by atoms with Crippen molar-refractivity contribution in [1.29, 1.82) is 0 Å². The van der Waals surface area contributed by atoms with E-state index in [0.29, 0.717) is 13.0 Å². The first kappa shape index (κ1) is 12.9. The van der Waals surface area contributed by atoms with Crippen molar-refractivity contribution in [3.8, 4) is 0 Å². The number of nitrogens with two attached hydrogens (primary N) is 1. The first-order chi connectivity index (χ1) is 7.56. The molecule has 1 fully saturated rings. The number of aliphatic carboxylic acids is 1. The highest BCUT2D eigenvalue weighted by Gasteiger charge is 2.37. The molecule has 1 amide bonds. The summed E-state index contributed by atoms with van der Waals surface area (Å²) in [6, 6.07) is -0.537. The van der Waals surface area contributed by atoms with E-state index in [1.54, 1.807) is 7.11 Å². The minimum absolute atomic E-state index is 0.159. The molecule has 0 aliphatic carbocycles. The number of carboxylic acid groups (broad SMARTS) is 1. The average Bonchev–Trinajstić information content (AvgIpc) is 2.14. The number of methoxy groups -OCH3 is 1. The van der Waals surface area contributed by atoms with Gasteiger partial charge >= 0.3 is 5.97 Å². The third-order valence-corrected chi connectivity index (χ3v) is 2.72. The third kappa shape index (κ3) is 3.18. The summed E-state index contributed by atoms with van der Waals surface area (Å²) in [7, 11) is 1.60. The van der Waals surface area contributed by atoms with Crippen LogP contribution in [-0.4, -0.2) is 54.7 Å². The second-order valence-corrected chi connectivity index (χ2v) is 4.02. The lowest BCUT2D eigenvalue weighted by atomic mass is 9.98. The third-order valence-electron chi connectivity index (χ3n) is 2.72. The molecule has 1 saturated heterocycles. The number of nitrogens with zero attached hydrogens (tertiary/aromatic N) is 1. The van der Waals surface area contributed by atoms with Crippen molar-refractivity contribution in [2.45, 2.75) is 18.9 Å². The molecule has 1 aliphatic heterocycles. The lowest BCUT2D eigenvalue weighted by Crippen LogP contribution is -2.57. The first-order valence-electron chi connectivity index (χ1n) is 5.32. The van der Waals surface area contributed by atoms with Crippen LogP contribution >= 0.6 is 0 Å². The van der Waals surface area contributed by atoms with Crippen LogP contribution in [0.15, 0.2) is 0 Å². The zero-order valence-corrected chi connectivity index (χ0v) is 9.39. The molecule has 3 N–H and O–H groups in total. The van der Waals surface area contributed by atoms with Crippen LogP contribution in [-0.2, 0) is 14.3 Å². The number of hydrogen-bond acceptors (Lipinski definition) is 4. The summed E-state index contributed by atoms with van der Waals surface area (Å²) in [4.78, 5) is 23.7. The van der Waals surface area contributed by atoms with Crippen molar-refractivity contribution in [3.05, 3.63) is 0 Å². The molecule has 16 heavy (non-hydrogen) atoms. The largest absolute Gasteiger partial charge is 0.481 e. The molecule has 6 heteroatoms. The molecule has 6 nitrogen and oxygen atoms in total. The minimum Gasteiger partial charge on any atom is -0.481 e. The SMILES string of the molecule is COCCCC(N)C(=O)N1CC(C(=O)O)C1. The maximum Gasteiger partial charge on any atom is 0.310 e. The summed E-state index contributed by atoms with van der Waals surface area (Å²) in [5.74, 6) is -1.43. The number of likely N-dealkylation sites (tertiary alicyclic amines) is 1. The Kier molecular flexibility index (Phi) is 4.70. The summed E-state index contributed by atoms with van der Waals surface area (Å²) in [5.41, 5.74) is 5.70. The molecule has 92 valence electrons. The van der Waals surface area contributed by atoms with Crippen LogP contribution in [0.3, 0.4) is 0 Å². The van der Waals surface area contributed by atoms with Gasteiger partial charge in [-0.05, 0) is 12.8 Å². The fraction of sp³-hybridized carbons (Fsp3) is 0.800. The molecule has 1 heterocycles. The standard InChI is InChI=1S/C10H18N2O4/c1-16-4-2-3-8(11)9(13)12-5-7(6-12)10(14)15/h7-8H,2-6,11H2,1H3,(H,14,15). The van der Waals surface area contributed by atoms with Gasteiger partial charge in [0.15, 0.2) is 0 Å². The van der Waals surface area contributed by atoms with E-state index < -0.39 is 17.9 Å². The summed E-state index contributed by atoms with van der Waals surface area (Å²) in [6.45, 7) is 1.15. The number of carboxylic acids is 1. The van der Waals surface area contributed by atoms with Gasteiger partial charge in [-0.15, -0.1) is 0 Å². The highest BCUT2D eigenvalue weighted by Crippen LogP contribution is 2.17. The number of ether oxygens (including phenoxy) is 1. The maximum absolute atomic E-state index is 11.7. The number of amides is 1. The quantitative estimate of drug-likeness (QED) is 0.588. The van der Waals surface area contributed by atoms with E-state index in [2.05, 4.69) is 0 Å². The predicted molar refractivity (Wildman–Crippen MR) is 56.8 cm³/mol. The fourth-order valence-corrected chi connectivity index (χ4v) is 1.62. The Morgan fingerprint density at radius 2 is 2.19 bits per heavy atom. The number of carbonyl (C=O) groups excluding carboxylic acids is 1. The topological polar surface area (TPSA) is 92.9 Å². The summed E-state index contributed by atoms with van der Waals surface area (Å²) in [6.07, 6.45) is 1.31. The van der Waals surface area contributed by atoms with Crippen LogP contribution in [0.5, 0.6) is 0 Å². The van der Waals surface area contributed by atoms with Crippen molar-refractivity contribution >= 4 is 11.9 Å². The summed E-state index contributed by atoms with van der Waals surface area (Å²) in [5, 5.41) is 8.66. The van der Waals surface area contributed by atoms with Gasteiger partial charge in [-0.1, -0.05) is 0 Å². The molecule has 0 spiro atoms. The minimum atomic E-state index is -0.850. The highest BCUT2D eigenvalue weighted by atomic mass is 16.5. The Morgan fingerprint density at radius 1 is 1.56 bits per heavy atom. The lowest BCUT2D eigenvalue weighted by Gasteiger charge is -2.38. The highest BCUT2D eigenvalue weighted by molar-refractivity contribution is 5.84. The number of carbonyl (C=O) groups is 2. The average molecular weight is 230 g/mol. The normalized spacial score (nSPS) is 18.0. The van der Waals surface area contributed by atoms with Crippen molar-refractivity contribution in [3.63, 3.8) is 0 Å². The molecule has 1 atom stereocenters. The Morgan fingerprint density at radius 3 is 2.69 bits per heavy atom. The second-order valence-electron chi connectivity index (χ2n) is 4.02. The van der Waals surface area contributed by atoms with Gasteiger partial charge in [0.1, 0.15) is 0 Å². The Balaban J connectivity index is 2.23. The molecule has 0 aromatic rings. The van der Waals surface area contributed by atoms with E-state index >= 15 is 0 Å². The van der Waals surface area contributed by atoms with Crippen molar-refractivity contribution in [1.82, 2.24) is 4.90 Å². The Hall–Kier alpha value is -1.14. The number of rotatable bonds is 6. The van der Waals surface area contributed by atoms with Crippen LogP contribution in [0, 0.1) is 5.92 Å². The van der Waals surface area contributed by atoms with Crippen LogP contribution in [0.2, 0.25) is 0 Å². The van der Waals surface area contributed by atoms with E-state index in [0.717, 1.165) is 6.42 Å². The monoisotopic (exact) mass is 230 g/mol. The van der Waals surface area contributed by atoms with Crippen molar-refractivity contribution in [2.24, 2.45) is 11.7 Å². The predicted octanol–water partition coefficient (Wildman–Crippen LogP) is -0.717. The molecule has 0 bridgehead atoms. The van der Waals surface area contributed by atoms with Gasteiger partial charge in [-0.2, -0.15) is 0 Å². The molecule has 1 aliphatic rings. The lowest BCUT2D eigenvalue weighted by molar-refractivity contribution is -0.153. The Bertz CT molecular complexity index is 264. The van der Waals surface area contributed by atoms with Gasteiger partial charge in [0.25, 0.3) is 0 Å². The van der Waals surface area contributed by atoms with E-state index in [1.807, 2.05) is 0 Å². The number of hydrogen-bond donors (Lipinski definition) is 2. The summed E-state index contributed by atoms with van der Waals surface area (Å²) >= 11 is 0. The zero-order valence-electron chi connectivity index (χ0n) is 9.39.